The van der Waals surface area contributed by atoms with Crippen LogP contribution in [0.1, 0.15) is 25.0 Å². The van der Waals surface area contributed by atoms with Gasteiger partial charge in [-0.2, -0.15) is 0 Å². The van der Waals surface area contributed by atoms with Crippen molar-refractivity contribution in [1.82, 2.24) is 10.6 Å². The molecule has 0 heterocycles. The minimum Gasteiger partial charge on any atom is -0.362 e. The van der Waals surface area contributed by atoms with Crippen LogP contribution in [0.5, 0.6) is 0 Å². The monoisotopic (exact) mass is 355 g/mol. The second-order valence-electron chi connectivity index (χ2n) is 6.21. The van der Waals surface area contributed by atoms with Crippen LogP contribution in [0, 0.1) is 0 Å². The second kappa shape index (κ2) is 9.79. The molecule has 1 amide bonds. The van der Waals surface area contributed by atoms with E-state index in [4.69, 9.17) is 12.2 Å². The van der Waals surface area contributed by atoms with Gasteiger partial charge in [-0.1, -0.05) is 42.5 Å². The van der Waals surface area contributed by atoms with Gasteiger partial charge in [0.1, 0.15) is 0 Å². The zero-order chi connectivity index (χ0) is 18.1. The number of anilines is 1. The summed E-state index contributed by atoms with van der Waals surface area (Å²) >= 11 is 5.32. The van der Waals surface area contributed by atoms with Crippen LogP contribution in [-0.2, 0) is 17.6 Å². The molecule has 132 valence electrons. The van der Waals surface area contributed by atoms with Crippen molar-refractivity contribution < 1.29 is 4.79 Å². The summed E-state index contributed by atoms with van der Waals surface area (Å²) in [7, 11) is 0. The van der Waals surface area contributed by atoms with Crippen molar-refractivity contribution in [3.63, 3.8) is 0 Å². The lowest BCUT2D eigenvalue weighted by Crippen LogP contribution is -2.31. The molecule has 0 radical (unpaired) electrons. The summed E-state index contributed by atoms with van der Waals surface area (Å²) < 4.78 is 0. The first-order valence-electron chi connectivity index (χ1n) is 8.50. The number of carbonyl (C=O) groups is 1. The minimum atomic E-state index is 0.0359. The van der Waals surface area contributed by atoms with Gasteiger partial charge in [-0.3, -0.25) is 4.79 Å². The van der Waals surface area contributed by atoms with E-state index >= 15 is 0 Å². The van der Waals surface area contributed by atoms with E-state index in [0.29, 0.717) is 11.5 Å². The van der Waals surface area contributed by atoms with Crippen LogP contribution in [0.2, 0.25) is 0 Å². The topological polar surface area (TPSA) is 53.2 Å². The van der Waals surface area contributed by atoms with Crippen molar-refractivity contribution in [2.24, 2.45) is 0 Å². The smallest absolute Gasteiger partial charge is 0.224 e. The van der Waals surface area contributed by atoms with Gasteiger partial charge < -0.3 is 16.0 Å². The third-order valence-electron chi connectivity index (χ3n) is 3.57. The van der Waals surface area contributed by atoms with Crippen molar-refractivity contribution in [1.29, 1.82) is 0 Å². The molecule has 0 saturated heterocycles. The number of hydrogen-bond donors (Lipinski definition) is 3. The van der Waals surface area contributed by atoms with Crippen LogP contribution in [0.4, 0.5) is 5.69 Å². The van der Waals surface area contributed by atoms with Crippen molar-refractivity contribution in [3.8, 4) is 0 Å². The summed E-state index contributed by atoms with van der Waals surface area (Å²) in [5, 5.41) is 9.85. The fraction of sp³-hybridized carbons (Fsp3) is 0.300. The number of rotatable bonds is 7. The first kappa shape index (κ1) is 18.9. The summed E-state index contributed by atoms with van der Waals surface area (Å²) in [4.78, 5) is 11.8. The summed E-state index contributed by atoms with van der Waals surface area (Å²) in [6.07, 6.45) is 1.31. The van der Waals surface area contributed by atoms with Gasteiger partial charge in [0.2, 0.25) is 5.91 Å². The Kier molecular flexibility index (Phi) is 7.41. The van der Waals surface area contributed by atoms with Crippen molar-refractivity contribution in [3.05, 3.63) is 65.7 Å². The third-order valence-corrected chi connectivity index (χ3v) is 3.81. The van der Waals surface area contributed by atoms with E-state index in [1.54, 1.807) is 0 Å². The largest absolute Gasteiger partial charge is 0.362 e. The molecular formula is C20H25N3OS. The van der Waals surface area contributed by atoms with Gasteiger partial charge in [-0.15, -0.1) is 0 Å². The Morgan fingerprint density at radius 2 is 1.68 bits per heavy atom. The number of nitrogens with one attached hydrogen (secondary N) is 3. The van der Waals surface area contributed by atoms with Crippen molar-refractivity contribution in [2.75, 3.05) is 11.9 Å². The van der Waals surface area contributed by atoms with Gasteiger partial charge >= 0.3 is 0 Å². The Labute approximate surface area is 155 Å². The molecule has 0 spiro atoms. The molecule has 0 saturated carbocycles. The quantitative estimate of drug-likeness (QED) is 0.667. The molecule has 0 aromatic heterocycles. The average Bonchev–Trinajstić information content (AvgIpc) is 2.57. The lowest BCUT2D eigenvalue weighted by molar-refractivity contribution is -0.120. The van der Waals surface area contributed by atoms with Crippen LogP contribution in [0.25, 0.3) is 0 Å². The van der Waals surface area contributed by atoms with E-state index in [9.17, 15) is 4.79 Å². The number of benzene rings is 2. The highest BCUT2D eigenvalue weighted by molar-refractivity contribution is 7.80. The van der Waals surface area contributed by atoms with Gasteiger partial charge in [0.15, 0.2) is 5.11 Å². The van der Waals surface area contributed by atoms with Gasteiger partial charge in [-0.05, 0) is 55.7 Å². The Balaban J connectivity index is 1.74. The minimum absolute atomic E-state index is 0.0359. The van der Waals surface area contributed by atoms with Crippen LogP contribution < -0.4 is 16.0 Å². The Morgan fingerprint density at radius 3 is 2.32 bits per heavy atom. The van der Waals surface area contributed by atoms with E-state index in [1.165, 1.54) is 5.56 Å². The molecule has 0 aliphatic rings. The molecule has 3 N–H and O–H groups in total. The van der Waals surface area contributed by atoms with E-state index in [2.05, 4.69) is 28.1 Å². The highest BCUT2D eigenvalue weighted by atomic mass is 32.1. The van der Waals surface area contributed by atoms with E-state index in [0.717, 1.165) is 24.2 Å². The van der Waals surface area contributed by atoms with E-state index in [1.807, 2.05) is 56.3 Å². The van der Waals surface area contributed by atoms with Crippen LogP contribution in [-0.4, -0.2) is 23.6 Å². The van der Waals surface area contributed by atoms with Crippen molar-refractivity contribution in [2.45, 2.75) is 32.7 Å². The normalized spacial score (nSPS) is 10.4. The number of amides is 1. The zero-order valence-electron chi connectivity index (χ0n) is 14.7. The average molecular weight is 356 g/mol. The predicted molar refractivity (Wildman–Crippen MR) is 108 cm³/mol. The maximum Gasteiger partial charge on any atom is 0.224 e. The molecule has 0 fully saturated rings. The molecule has 0 aliphatic carbocycles. The molecule has 0 bridgehead atoms. The fourth-order valence-corrected chi connectivity index (χ4v) is 2.62. The number of hydrogen-bond acceptors (Lipinski definition) is 2. The Hall–Kier alpha value is -2.40. The summed E-state index contributed by atoms with van der Waals surface area (Å²) in [6, 6.07) is 18.2. The fourth-order valence-electron chi connectivity index (χ4n) is 2.40. The predicted octanol–water partition coefficient (Wildman–Crippen LogP) is 3.28. The molecule has 2 aromatic rings. The SMILES string of the molecule is CC(C)NC(=O)Cc1ccc(NC(=S)NCCc2ccccc2)cc1. The molecular weight excluding hydrogens is 330 g/mol. The molecule has 5 heteroatoms. The molecule has 25 heavy (non-hydrogen) atoms. The highest BCUT2D eigenvalue weighted by Gasteiger charge is 2.05. The molecule has 4 nitrogen and oxygen atoms in total. The van der Waals surface area contributed by atoms with E-state index in [-0.39, 0.29) is 11.9 Å². The maximum atomic E-state index is 11.8. The standard InChI is InChI=1S/C20H25N3OS/c1-15(2)22-19(24)14-17-8-10-18(11-9-17)23-20(25)21-13-12-16-6-4-3-5-7-16/h3-11,15H,12-14H2,1-2H3,(H,22,24)(H2,21,23,25). The van der Waals surface area contributed by atoms with E-state index < -0.39 is 0 Å². The van der Waals surface area contributed by atoms with Gasteiger partial charge in [0, 0.05) is 18.3 Å². The lowest BCUT2D eigenvalue weighted by Gasteiger charge is -2.11. The molecule has 0 atom stereocenters. The van der Waals surface area contributed by atoms with Crippen LogP contribution in [0.15, 0.2) is 54.6 Å². The third kappa shape index (κ3) is 7.35. The molecule has 2 aromatic carbocycles. The Morgan fingerprint density at radius 1 is 1.00 bits per heavy atom. The molecule has 0 aliphatic heterocycles. The molecule has 2 rings (SSSR count). The van der Waals surface area contributed by atoms with Gasteiger partial charge in [0.05, 0.1) is 6.42 Å². The number of carbonyl (C=O) groups excluding carboxylic acids is 1. The Bertz CT molecular complexity index is 684. The van der Waals surface area contributed by atoms with Crippen LogP contribution >= 0.6 is 12.2 Å². The van der Waals surface area contributed by atoms with Gasteiger partial charge in [-0.25, -0.2) is 0 Å². The summed E-state index contributed by atoms with van der Waals surface area (Å²) in [5.41, 5.74) is 3.17. The van der Waals surface area contributed by atoms with Gasteiger partial charge in [0.25, 0.3) is 0 Å². The van der Waals surface area contributed by atoms with Crippen molar-refractivity contribution >= 4 is 28.9 Å². The molecule has 0 unspecified atom stereocenters. The summed E-state index contributed by atoms with van der Waals surface area (Å²) in [6.45, 7) is 4.69. The highest BCUT2D eigenvalue weighted by Crippen LogP contribution is 2.10. The summed E-state index contributed by atoms with van der Waals surface area (Å²) in [5.74, 6) is 0.0359. The maximum absolute atomic E-state index is 11.8. The van der Waals surface area contributed by atoms with Crippen LogP contribution in [0.3, 0.4) is 0 Å². The first-order chi connectivity index (χ1) is 12.0. The lowest BCUT2D eigenvalue weighted by atomic mass is 10.1. The number of thiocarbonyl (C=S) groups is 1. The second-order valence-corrected chi connectivity index (χ2v) is 6.62. The first-order valence-corrected chi connectivity index (χ1v) is 8.91. The zero-order valence-corrected chi connectivity index (χ0v) is 15.5.